The molecule has 0 unspecified atom stereocenters. The van der Waals surface area contributed by atoms with Gasteiger partial charge in [0.05, 0.1) is 24.8 Å². The molecule has 0 aliphatic carbocycles. The van der Waals surface area contributed by atoms with Crippen molar-refractivity contribution in [1.29, 1.82) is 5.26 Å². The Kier molecular flexibility index (Phi) is 4.96. The summed E-state index contributed by atoms with van der Waals surface area (Å²) in [5, 5.41) is 11.8. The second kappa shape index (κ2) is 6.91. The first-order valence-corrected chi connectivity index (χ1v) is 7.04. The summed E-state index contributed by atoms with van der Waals surface area (Å²) in [5.41, 5.74) is 1.78. The molecule has 1 amide bonds. The summed E-state index contributed by atoms with van der Waals surface area (Å²) in [6.45, 7) is 0. The van der Waals surface area contributed by atoms with Crippen molar-refractivity contribution in [1.82, 2.24) is 0 Å². The first kappa shape index (κ1) is 15.1. The zero-order chi connectivity index (χ0) is 15.2. The molecule has 0 spiro atoms. The summed E-state index contributed by atoms with van der Waals surface area (Å²) in [6.07, 6.45) is 0.217. The predicted molar refractivity (Wildman–Crippen MR) is 84.2 cm³/mol. The van der Waals surface area contributed by atoms with E-state index in [9.17, 15) is 4.79 Å². The van der Waals surface area contributed by atoms with Crippen molar-refractivity contribution in [2.45, 2.75) is 6.42 Å². The fourth-order valence-corrected chi connectivity index (χ4v) is 2.24. The van der Waals surface area contributed by atoms with Crippen LogP contribution < -0.4 is 10.1 Å². The van der Waals surface area contributed by atoms with Crippen LogP contribution >= 0.6 is 15.9 Å². The number of hydrogen-bond acceptors (Lipinski definition) is 3. The number of nitrogens with zero attached hydrogens (tertiary/aromatic N) is 1. The van der Waals surface area contributed by atoms with Gasteiger partial charge in [-0.1, -0.05) is 28.1 Å². The molecule has 2 rings (SSSR count). The number of carbonyl (C=O) groups is 1. The van der Waals surface area contributed by atoms with Gasteiger partial charge in [0.1, 0.15) is 11.8 Å². The molecule has 106 valence electrons. The van der Waals surface area contributed by atoms with E-state index in [-0.39, 0.29) is 12.3 Å². The highest BCUT2D eigenvalue weighted by atomic mass is 79.9. The van der Waals surface area contributed by atoms with Gasteiger partial charge in [-0.2, -0.15) is 5.26 Å². The minimum atomic E-state index is -0.183. The Balaban J connectivity index is 2.11. The number of anilines is 1. The maximum absolute atomic E-state index is 12.1. The number of halogens is 1. The number of ether oxygens (including phenoxy) is 1. The molecule has 0 heterocycles. The maximum atomic E-state index is 12.1. The Hall–Kier alpha value is -2.32. The average Bonchev–Trinajstić information content (AvgIpc) is 2.47. The number of methoxy groups -OCH3 is 1. The lowest BCUT2D eigenvalue weighted by molar-refractivity contribution is -0.115. The van der Waals surface area contributed by atoms with Gasteiger partial charge < -0.3 is 10.1 Å². The van der Waals surface area contributed by atoms with Crippen molar-refractivity contribution in [2.75, 3.05) is 12.4 Å². The van der Waals surface area contributed by atoms with Crippen LogP contribution in [0.2, 0.25) is 0 Å². The lowest BCUT2D eigenvalue weighted by Gasteiger charge is -2.08. The molecule has 0 saturated carbocycles. The van der Waals surface area contributed by atoms with Crippen LogP contribution in [0.4, 0.5) is 5.69 Å². The molecule has 2 aromatic carbocycles. The minimum absolute atomic E-state index is 0.183. The largest absolute Gasteiger partial charge is 0.497 e. The summed E-state index contributed by atoms with van der Waals surface area (Å²) < 4.78 is 5.93. The van der Waals surface area contributed by atoms with Crippen molar-refractivity contribution in [2.24, 2.45) is 0 Å². The quantitative estimate of drug-likeness (QED) is 0.922. The van der Waals surface area contributed by atoms with E-state index in [2.05, 4.69) is 27.3 Å². The van der Waals surface area contributed by atoms with Gasteiger partial charge in [0.2, 0.25) is 5.91 Å². The number of amides is 1. The minimum Gasteiger partial charge on any atom is -0.497 e. The van der Waals surface area contributed by atoms with E-state index in [1.165, 1.54) is 0 Å². The zero-order valence-electron chi connectivity index (χ0n) is 11.4. The van der Waals surface area contributed by atoms with Crippen molar-refractivity contribution in [3.05, 3.63) is 58.1 Å². The molecule has 0 atom stereocenters. The predicted octanol–water partition coefficient (Wildman–Crippen LogP) is 3.51. The van der Waals surface area contributed by atoms with E-state index in [0.29, 0.717) is 17.0 Å². The fourth-order valence-electron chi connectivity index (χ4n) is 1.88. The highest BCUT2D eigenvalue weighted by molar-refractivity contribution is 9.10. The molecule has 0 saturated heterocycles. The standard InChI is InChI=1S/C16H13BrN2O2/c1-21-14-4-2-3-11(7-14)8-16(20)19-15-9-13(17)6-5-12(15)10-18/h2-7,9H,8H2,1H3,(H,19,20). The topological polar surface area (TPSA) is 62.1 Å². The highest BCUT2D eigenvalue weighted by Gasteiger charge is 2.09. The van der Waals surface area contributed by atoms with Crippen LogP contribution in [0.1, 0.15) is 11.1 Å². The molecule has 0 fully saturated rings. The Morgan fingerprint density at radius 2 is 2.14 bits per heavy atom. The number of nitrogens with one attached hydrogen (secondary N) is 1. The van der Waals surface area contributed by atoms with E-state index in [1.54, 1.807) is 25.3 Å². The first-order chi connectivity index (χ1) is 10.1. The SMILES string of the molecule is COc1cccc(CC(=O)Nc2cc(Br)ccc2C#N)c1. The van der Waals surface area contributed by atoms with E-state index >= 15 is 0 Å². The second-order valence-electron chi connectivity index (χ2n) is 4.38. The number of hydrogen-bond donors (Lipinski definition) is 1. The van der Waals surface area contributed by atoms with Crippen molar-refractivity contribution >= 4 is 27.5 Å². The van der Waals surface area contributed by atoms with Crippen LogP contribution in [-0.4, -0.2) is 13.0 Å². The van der Waals surface area contributed by atoms with E-state index in [0.717, 1.165) is 10.0 Å². The molecule has 1 N–H and O–H groups in total. The van der Waals surface area contributed by atoms with Crippen molar-refractivity contribution < 1.29 is 9.53 Å². The zero-order valence-corrected chi connectivity index (χ0v) is 13.0. The Morgan fingerprint density at radius 3 is 2.86 bits per heavy atom. The molecule has 0 bridgehead atoms. The Bertz CT molecular complexity index is 708. The third-order valence-electron chi connectivity index (χ3n) is 2.87. The summed E-state index contributed by atoms with van der Waals surface area (Å²) in [6, 6.07) is 14.5. The van der Waals surface area contributed by atoms with Crippen LogP contribution in [-0.2, 0) is 11.2 Å². The highest BCUT2D eigenvalue weighted by Crippen LogP contribution is 2.21. The van der Waals surface area contributed by atoms with Crippen molar-refractivity contribution in [3.8, 4) is 11.8 Å². The number of rotatable bonds is 4. The second-order valence-corrected chi connectivity index (χ2v) is 5.29. The molecule has 0 aliphatic rings. The first-order valence-electron chi connectivity index (χ1n) is 6.25. The lowest BCUT2D eigenvalue weighted by Crippen LogP contribution is -2.15. The molecule has 4 nitrogen and oxygen atoms in total. The lowest BCUT2D eigenvalue weighted by atomic mass is 10.1. The van der Waals surface area contributed by atoms with Gasteiger partial charge in [-0.15, -0.1) is 0 Å². The molecule has 0 aromatic heterocycles. The van der Waals surface area contributed by atoms with E-state index < -0.39 is 0 Å². The van der Waals surface area contributed by atoms with Gasteiger partial charge in [0.15, 0.2) is 0 Å². The van der Waals surface area contributed by atoms with Crippen LogP contribution in [0.3, 0.4) is 0 Å². The molecule has 0 radical (unpaired) electrons. The van der Waals surface area contributed by atoms with Crippen LogP contribution in [0.5, 0.6) is 5.75 Å². The van der Waals surface area contributed by atoms with Crippen LogP contribution in [0.15, 0.2) is 46.9 Å². The van der Waals surface area contributed by atoms with Gasteiger partial charge in [-0.25, -0.2) is 0 Å². The third kappa shape index (κ3) is 4.07. The van der Waals surface area contributed by atoms with E-state index in [4.69, 9.17) is 10.00 Å². The Morgan fingerprint density at radius 1 is 1.33 bits per heavy atom. The maximum Gasteiger partial charge on any atom is 0.228 e. The number of benzene rings is 2. The van der Waals surface area contributed by atoms with Gasteiger partial charge in [0, 0.05) is 4.47 Å². The molecular formula is C16H13BrN2O2. The normalized spacial score (nSPS) is 9.76. The van der Waals surface area contributed by atoms with Gasteiger partial charge in [0.25, 0.3) is 0 Å². The van der Waals surface area contributed by atoms with Crippen molar-refractivity contribution in [3.63, 3.8) is 0 Å². The number of carbonyl (C=O) groups excluding carboxylic acids is 1. The van der Waals surface area contributed by atoms with E-state index in [1.807, 2.05) is 24.3 Å². The van der Waals surface area contributed by atoms with Gasteiger partial charge in [-0.3, -0.25) is 4.79 Å². The monoisotopic (exact) mass is 344 g/mol. The third-order valence-corrected chi connectivity index (χ3v) is 3.37. The number of nitriles is 1. The fraction of sp³-hybridized carbons (Fsp3) is 0.125. The molecule has 21 heavy (non-hydrogen) atoms. The average molecular weight is 345 g/mol. The molecule has 0 aliphatic heterocycles. The molecule has 5 heteroatoms. The summed E-state index contributed by atoms with van der Waals surface area (Å²) in [4.78, 5) is 12.1. The summed E-state index contributed by atoms with van der Waals surface area (Å²) >= 11 is 3.32. The van der Waals surface area contributed by atoms with Gasteiger partial charge >= 0.3 is 0 Å². The molecule has 2 aromatic rings. The summed E-state index contributed by atoms with van der Waals surface area (Å²) in [7, 11) is 1.58. The van der Waals surface area contributed by atoms with Gasteiger partial charge in [-0.05, 0) is 35.9 Å². The smallest absolute Gasteiger partial charge is 0.228 e. The summed E-state index contributed by atoms with van der Waals surface area (Å²) in [5.74, 6) is 0.526. The van der Waals surface area contributed by atoms with Crippen LogP contribution in [0, 0.1) is 11.3 Å². The van der Waals surface area contributed by atoms with Crippen LogP contribution in [0.25, 0.3) is 0 Å². The Labute approximate surface area is 131 Å². The molecular weight excluding hydrogens is 332 g/mol.